The van der Waals surface area contributed by atoms with E-state index in [9.17, 15) is 0 Å². The number of rotatable bonds is 4. The second-order valence-electron chi connectivity index (χ2n) is 3.96. The molecule has 0 saturated carbocycles. The summed E-state index contributed by atoms with van der Waals surface area (Å²) in [7, 11) is 2.18. The molecule has 0 bridgehead atoms. The summed E-state index contributed by atoms with van der Waals surface area (Å²) in [6.07, 6.45) is 3.36. The highest BCUT2D eigenvalue weighted by Gasteiger charge is 2.34. The molecule has 1 rings (SSSR count). The smallest absolute Gasteiger partial charge is 0.0484 e. The van der Waals surface area contributed by atoms with E-state index < -0.39 is 0 Å². The van der Waals surface area contributed by atoms with Crippen molar-refractivity contribution in [3.8, 4) is 0 Å². The molecule has 0 radical (unpaired) electrons. The zero-order valence-electron chi connectivity index (χ0n) is 8.88. The van der Waals surface area contributed by atoms with E-state index in [1.165, 1.54) is 6.42 Å². The molecule has 0 amide bonds. The van der Waals surface area contributed by atoms with E-state index in [0.29, 0.717) is 0 Å². The Morgan fingerprint density at radius 1 is 1.38 bits per heavy atom. The van der Waals surface area contributed by atoms with Gasteiger partial charge in [0.15, 0.2) is 0 Å². The molecular weight excluding hydrogens is 164 g/mol. The van der Waals surface area contributed by atoms with Gasteiger partial charge in [0, 0.05) is 25.3 Å². The molecule has 0 spiro atoms. The summed E-state index contributed by atoms with van der Waals surface area (Å²) >= 11 is 0. The van der Waals surface area contributed by atoms with Crippen LogP contribution in [0.3, 0.4) is 0 Å². The molecule has 1 saturated heterocycles. The first-order valence-corrected chi connectivity index (χ1v) is 5.24. The molecule has 1 heterocycles. The van der Waals surface area contributed by atoms with Crippen LogP contribution in [0.15, 0.2) is 0 Å². The Hall–Kier alpha value is -0.120. The number of hydrogen-bond donors (Lipinski definition) is 1. The Kier molecular flexibility index (Phi) is 4.16. The van der Waals surface area contributed by atoms with Gasteiger partial charge in [0.2, 0.25) is 0 Å². The molecule has 0 aliphatic carbocycles. The highest BCUT2D eigenvalue weighted by Crippen LogP contribution is 2.25. The lowest BCUT2D eigenvalue weighted by atomic mass is 9.88. The van der Waals surface area contributed by atoms with Gasteiger partial charge in [0.05, 0.1) is 0 Å². The summed E-state index contributed by atoms with van der Waals surface area (Å²) in [4.78, 5) is 2.41. The highest BCUT2D eigenvalue weighted by molar-refractivity contribution is 4.91. The van der Waals surface area contributed by atoms with Gasteiger partial charge in [-0.2, -0.15) is 0 Å². The quantitative estimate of drug-likeness (QED) is 0.707. The molecule has 2 N–H and O–H groups in total. The summed E-state index contributed by atoms with van der Waals surface area (Å²) in [6, 6.07) is 0. The Labute approximate surface area is 81.2 Å². The van der Waals surface area contributed by atoms with E-state index in [0.717, 1.165) is 39.1 Å². The maximum absolute atomic E-state index is 5.87. The fourth-order valence-electron chi connectivity index (χ4n) is 2.07. The van der Waals surface area contributed by atoms with Crippen LogP contribution in [0.1, 0.15) is 26.2 Å². The number of nitrogens with zero attached hydrogens (tertiary/aromatic N) is 1. The number of ether oxygens (including phenoxy) is 1. The van der Waals surface area contributed by atoms with Gasteiger partial charge in [-0.1, -0.05) is 6.92 Å². The van der Waals surface area contributed by atoms with Gasteiger partial charge >= 0.3 is 0 Å². The van der Waals surface area contributed by atoms with Crippen molar-refractivity contribution in [2.24, 2.45) is 5.73 Å². The van der Waals surface area contributed by atoms with Gasteiger partial charge in [-0.15, -0.1) is 0 Å². The third kappa shape index (κ3) is 2.42. The minimum atomic E-state index is 0.217. The number of likely N-dealkylation sites (N-methyl/N-ethyl adjacent to an activating group) is 1. The fraction of sp³-hybridized carbons (Fsp3) is 1.00. The van der Waals surface area contributed by atoms with Gasteiger partial charge in [-0.05, 0) is 32.9 Å². The second kappa shape index (κ2) is 4.94. The maximum Gasteiger partial charge on any atom is 0.0484 e. The van der Waals surface area contributed by atoms with Crippen LogP contribution in [0.4, 0.5) is 0 Å². The number of nitrogens with two attached hydrogens (primary N) is 1. The first-order valence-electron chi connectivity index (χ1n) is 5.24. The summed E-state index contributed by atoms with van der Waals surface area (Å²) < 4.78 is 5.37. The molecule has 0 atom stereocenters. The van der Waals surface area contributed by atoms with Crippen molar-refractivity contribution in [3.63, 3.8) is 0 Å². The molecule has 3 nitrogen and oxygen atoms in total. The van der Waals surface area contributed by atoms with Crippen LogP contribution in [0, 0.1) is 0 Å². The van der Waals surface area contributed by atoms with E-state index >= 15 is 0 Å². The van der Waals surface area contributed by atoms with Crippen molar-refractivity contribution < 1.29 is 4.74 Å². The lowest BCUT2D eigenvalue weighted by Crippen LogP contribution is -2.55. The molecule has 1 fully saturated rings. The zero-order valence-corrected chi connectivity index (χ0v) is 8.88. The largest absolute Gasteiger partial charge is 0.381 e. The second-order valence-corrected chi connectivity index (χ2v) is 3.96. The molecule has 1 aliphatic rings. The monoisotopic (exact) mass is 186 g/mol. The minimum Gasteiger partial charge on any atom is -0.381 e. The highest BCUT2D eigenvalue weighted by atomic mass is 16.5. The standard InChI is InChI=1S/C10H22N2O/c1-3-6-12(2)10(9-11)4-7-13-8-5-10/h3-9,11H2,1-2H3. The van der Waals surface area contributed by atoms with Gasteiger partial charge in [-0.25, -0.2) is 0 Å². The predicted molar refractivity (Wildman–Crippen MR) is 54.8 cm³/mol. The summed E-state index contributed by atoms with van der Waals surface area (Å²) in [5.74, 6) is 0. The van der Waals surface area contributed by atoms with Crippen LogP contribution in [0.2, 0.25) is 0 Å². The molecule has 78 valence electrons. The third-order valence-electron chi connectivity index (χ3n) is 3.17. The van der Waals surface area contributed by atoms with Crippen molar-refractivity contribution >= 4 is 0 Å². The summed E-state index contributed by atoms with van der Waals surface area (Å²) in [6.45, 7) is 5.83. The van der Waals surface area contributed by atoms with Crippen molar-refractivity contribution in [3.05, 3.63) is 0 Å². The molecule has 3 heteroatoms. The lowest BCUT2D eigenvalue weighted by molar-refractivity contribution is -0.0128. The van der Waals surface area contributed by atoms with E-state index in [2.05, 4.69) is 18.9 Å². The maximum atomic E-state index is 5.87. The molecule has 0 unspecified atom stereocenters. The van der Waals surface area contributed by atoms with Crippen molar-refractivity contribution in [2.75, 3.05) is 33.4 Å². The van der Waals surface area contributed by atoms with Crippen LogP contribution in [0.25, 0.3) is 0 Å². The zero-order chi connectivity index (χ0) is 9.73. The van der Waals surface area contributed by atoms with E-state index in [1.807, 2.05) is 0 Å². The van der Waals surface area contributed by atoms with E-state index in [4.69, 9.17) is 10.5 Å². The first kappa shape index (κ1) is 11.0. The topological polar surface area (TPSA) is 38.5 Å². The Bertz CT molecular complexity index is 144. The van der Waals surface area contributed by atoms with Crippen LogP contribution in [-0.4, -0.2) is 43.8 Å². The number of hydrogen-bond acceptors (Lipinski definition) is 3. The lowest BCUT2D eigenvalue weighted by Gasteiger charge is -2.43. The molecule has 0 aromatic heterocycles. The van der Waals surface area contributed by atoms with Crippen LogP contribution in [0.5, 0.6) is 0 Å². The molecule has 0 aromatic rings. The Balaban J connectivity index is 2.55. The van der Waals surface area contributed by atoms with Crippen LogP contribution >= 0.6 is 0 Å². The normalized spacial score (nSPS) is 22.2. The van der Waals surface area contributed by atoms with Crippen molar-refractivity contribution in [1.29, 1.82) is 0 Å². The molecule has 0 aromatic carbocycles. The minimum absolute atomic E-state index is 0.217. The van der Waals surface area contributed by atoms with Gasteiger partial charge < -0.3 is 10.5 Å². The van der Waals surface area contributed by atoms with Gasteiger partial charge in [-0.3, -0.25) is 4.90 Å². The summed E-state index contributed by atoms with van der Waals surface area (Å²) in [5, 5.41) is 0. The Morgan fingerprint density at radius 2 is 2.00 bits per heavy atom. The molecular formula is C10H22N2O. The molecule has 1 aliphatic heterocycles. The van der Waals surface area contributed by atoms with Crippen LogP contribution in [-0.2, 0) is 4.74 Å². The fourth-order valence-corrected chi connectivity index (χ4v) is 2.07. The summed E-state index contributed by atoms with van der Waals surface area (Å²) in [5.41, 5.74) is 6.09. The van der Waals surface area contributed by atoms with Gasteiger partial charge in [0.25, 0.3) is 0 Å². The molecule has 13 heavy (non-hydrogen) atoms. The third-order valence-corrected chi connectivity index (χ3v) is 3.17. The Morgan fingerprint density at radius 3 is 2.46 bits per heavy atom. The average molecular weight is 186 g/mol. The predicted octanol–water partition coefficient (Wildman–Crippen LogP) is 0.836. The first-order chi connectivity index (χ1) is 6.25. The van der Waals surface area contributed by atoms with Crippen LogP contribution < -0.4 is 5.73 Å². The van der Waals surface area contributed by atoms with E-state index in [1.54, 1.807) is 0 Å². The SMILES string of the molecule is CCCN(C)C1(CN)CCOCC1. The van der Waals surface area contributed by atoms with E-state index in [-0.39, 0.29) is 5.54 Å². The average Bonchev–Trinajstić information content (AvgIpc) is 2.19. The van der Waals surface area contributed by atoms with Crippen molar-refractivity contribution in [2.45, 2.75) is 31.7 Å². The van der Waals surface area contributed by atoms with Gasteiger partial charge in [0.1, 0.15) is 0 Å². The van der Waals surface area contributed by atoms with Crippen molar-refractivity contribution in [1.82, 2.24) is 4.90 Å².